The number of nitrogens with zero attached hydrogens (tertiary/aromatic N) is 3. The van der Waals surface area contributed by atoms with Gasteiger partial charge in [-0.1, -0.05) is 6.07 Å². The summed E-state index contributed by atoms with van der Waals surface area (Å²) < 4.78 is 1.73. The fourth-order valence-corrected chi connectivity index (χ4v) is 1.74. The van der Waals surface area contributed by atoms with Crippen LogP contribution in [0.5, 0.6) is 0 Å². The normalized spacial score (nSPS) is 10.2. The van der Waals surface area contributed by atoms with Crippen molar-refractivity contribution in [3.63, 3.8) is 0 Å². The number of aromatic nitrogens is 2. The molecule has 1 heterocycles. The summed E-state index contributed by atoms with van der Waals surface area (Å²) in [5.41, 5.74) is 0.917. The van der Waals surface area contributed by atoms with Crippen LogP contribution in [0.25, 0.3) is 0 Å². The molecule has 5 heteroatoms. The number of anilines is 1. The summed E-state index contributed by atoms with van der Waals surface area (Å²) in [6, 6.07) is 10.5. The van der Waals surface area contributed by atoms with Crippen molar-refractivity contribution in [3.8, 4) is 6.07 Å². The minimum atomic E-state index is -0.250. The first-order valence-corrected chi connectivity index (χ1v) is 5.97. The number of nitrogens with one attached hydrogen (secondary N) is 1. The van der Waals surface area contributed by atoms with Gasteiger partial charge >= 0.3 is 0 Å². The van der Waals surface area contributed by atoms with E-state index in [1.807, 2.05) is 19.9 Å². The van der Waals surface area contributed by atoms with Gasteiger partial charge in [0.15, 0.2) is 0 Å². The Morgan fingerprint density at radius 3 is 2.89 bits per heavy atom. The zero-order valence-corrected chi connectivity index (χ0v) is 10.8. The second kappa shape index (κ2) is 5.36. The molecule has 5 nitrogen and oxygen atoms in total. The number of benzene rings is 1. The third kappa shape index (κ3) is 2.80. The average Bonchev–Trinajstić information content (AvgIpc) is 2.87. The molecule has 0 unspecified atom stereocenters. The minimum Gasteiger partial charge on any atom is -0.307 e. The van der Waals surface area contributed by atoms with Crippen molar-refractivity contribution in [2.45, 2.75) is 19.9 Å². The molecule has 0 aliphatic heterocycles. The van der Waals surface area contributed by atoms with E-state index in [-0.39, 0.29) is 11.9 Å². The fourth-order valence-electron chi connectivity index (χ4n) is 1.74. The van der Waals surface area contributed by atoms with Gasteiger partial charge in [0.05, 0.1) is 17.8 Å². The van der Waals surface area contributed by atoms with E-state index in [4.69, 9.17) is 5.26 Å². The maximum atomic E-state index is 12.1. The van der Waals surface area contributed by atoms with Gasteiger partial charge in [0.1, 0.15) is 5.82 Å². The highest BCUT2D eigenvalue weighted by Gasteiger charge is 2.11. The Bertz CT molecular complexity index is 637. The zero-order chi connectivity index (χ0) is 13.8. The number of nitriles is 1. The molecule has 96 valence electrons. The Hall–Kier alpha value is -2.61. The molecule has 0 radical (unpaired) electrons. The quantitative estimate of drug-likeness (QED) is 0.915. The molecule has 0 bridgehead atoms. The third-order valence-electron chi connectivity index (χ3n) is 2.65. The van der Waals surface area contributed by atoms with Crippen molar-refractivity contribution in [1.82, 2.24) is 9.78 Å². The Labute approximate surface area is 111 Å². The fraction of sp³-hybridized carbons (Fsp3) is 0.214. The molecule has 1 aromatic carbocycles. The highest BCUT2D eigenvalue weighted by Crippen LogP contribution is 2.14. The van der Waals surface area contributed by atoms with Crippen LogP contribution in [0.1, 0.15) is 35.8 Å². The van der Waals surface area contributed by atoms with Crippen LogP contribution >= 0.6 is 0 Å². The van der Waals surface area contributed by atoms with Crippen LogP contribution < -0.4 is 5.32 Å². The van der Waals surface area contributed by atoms with Crippen LogP contribution in [0.4, 0.5) is 5.82 Å². The van der Waals surface area contributed by atoms with E-state index in [1.165, 1.54) is 0 Å². The van der Waals surface area contributed by atoms with Crippen LogP contribution in [0.2, 0.25) is 0 Å². The lowest BCUT2D eigenvalue weighted by Crippen LogP contribution is -2.16. The van der Waals surface area contributed by atoms with Crippen LogP contribution in [-0.2, 0) is 0 Å². The van der Waals surface area contributed by atoms with Crippen molar-refractivity contribution in [1.29, 1.82) is 5.26 Å². The zero-order valence-electron chi connectivity index (χ0n) is 10.8. The van der Waals surface area contributed by atoms with Crippen molar-refractivity contribution in [3.05, 3.63) is 47.7 Å². The SMILES string of the molecule is CC(C)n1nccc1NC(=O)c1cccc(C#N)c1. The van der Waals surface area contributed by atoms with E-state index in [0.29, 0.717) is 16.9 Å². The second-order valence-corrected chi connectivity index (χ2v) is 4.40. The summed E-state index contributed by atoms with van der Waals surface area (Å²) in [7, 11) is 0. The van der Waals surface area contributed by atoms with Gasteiger partial charge in [-0.15, -0.1) is 0 Å². The number of amides is 1. The molecule has 1 N–H and O–H groups in total. The van der Waals surface area contributed by atoms with Crippen LogP contribution in [-0.4, -0.2) is 15.7 Å². The summed E-state index contributed by atoms with van der Waals surface area (Å²) in [5, 5.41) is 15.8. The van der Waals surface area contributed by atoms with Gasteiger partial charge in [-0.2, -0.15) is 10.4 Å². The maximum Gasteiger partial charge on any atom is 0.256 e. The molecule has 0 atom stereocenters. The summed E-state index contributed by atoms with van der Waals surface area (Å²) in [4.78, 5) is 12.1. The van der Waals surface area contributed by atoms with Gasteiger partial charge in [-0.05, 0) is 32.0 Å². The first kappa shape index (κ1) is 12.8. The lowest BCUT2D eigenvalue weighted by Gasteiger charge is -2.11. The van der Waals surface area contributed by atoms with Crippen LogP contribution in [0.15, 0.2) is 36.5 Å². The Kier molecular flexibility index (Phi) is 3.62. The van der Waals surface area contributed by atoms with E-state index < -0.39 is 0 Å². The van der Waals surface area contributed by atoms with Crippen molar-refractivity contribution in [2.24, 2.45) is 0 Å². The van der Waals surface area contributed by atoms with E-state index >= 15 is 0 Å². The number of rotatable bonds is 3. The van der Waals surface area contributed by atoms with Crippen molar-refractivity contribution in [2.75, 3.05) is 5.32 Å². The van der Waals surface area contributed by atoms with Crippen LogP contribution in [0.3, 0.4) is 0 Å². The van der Waals surface area contributed by atoms with Gasteiger partial charge in [-0.3, -0.25) is 4.79 Å². The number of hydrogen-bond donors (Lipinski definition) is 1. The molecule has 0 saturated heterocycles. The van der Waals surface area contributed by atoms with Gasteiger partial charge in [-0.25, -0.2) is 4.68 Å². The van der Waals surface area contributed by atoms with Gasteiger partial charge in [0.25, 0.3) is 5.91 Å². The maximum absolute atomic E-state index is 12.1. The molecule has 0 saturated carbocycles. The number of carbonyl (C=O) groups is 1. The summed E-state index contributed by atoms with van der Waals surface area (Å²) >= 11 is 0. The van der Waals surface area contributed by atoms with E-state index in [2.05, 4.69) is 10.4 Å². The summed E-state index contributed by atoms with van der Waals surface area (Å²) in [6.07, 6.45) is 1.64. The largest absolute Gasteiger partial charge is 0.307 e. The number of hydrogen-bond acceptors (Lipinski definition) is 3. The molecule has 0 spiro atoms. The molecule has 0 fully saturated rings. The molecule has 0 aliphatic rings. The van der Waals surface area contributed by atoms with E-state index in [0.717, 1.165) is 0 Å². The van der Waals surface area contributed by atoms with Crippen molar-refractivity contribution >= 4 is 11.7 Å². The lowest BCUT2D eigenvalue weighted by atomic mass is 10.1. The molecule has 19 heavy (non-hydrogen) atoms. The molecule has 1 amide bonds. The second-order valence-electron chi connectivity index (χ2n) is 4.40. The predicted octanol–water partition coefficient (Wildman–Crippen LogP) is 2.59. The van der Waals surface area contributed by atoms with E-state index in [1.54, 1.807) is 41.2 Å². The molecule has 0 aliphatic carbocycles. The number of carbonyl (C=O) groups excluding carboxylic acids is 1. The molecule has 2 rings (SSSR count). The Balaban J connectivity index is 2.21. The first-order chi connectivity index (χ1) is 9.11. The van der Waals surface area contributed by atoms with Gasteiger partial charge < -0.3 is 5.32 Å². The van der Waals surface area contributed by atoms with Gasteiger partial charge in [0.2, 0.25) is 0 Å². The predicted molar refractivity (Wildman–Crippen MR) is 71.7 cm³/mol. The van der Waals surface area contributed by atoms with E-state index in [9.17, 15) is 4.79 Å². The van der Waals surface area contributed by atoms with Crippen LogP contribution in [0, 0.1) is 11.3 Å². The summed E-state index contributed by atoms with van der Waals surface area (Å²) in [5.74, 6) is 0.391. The summed E-state index contributed by atoms with van der Waals surface area (Å²) in [6.45, 7) is 3.97. The van der Waals surface area contributed by atoms with Gasteiger partial charge in [0, 0.05) is 17.7 Å². The topological polar surface area (TPSA) is 70.7 Å². The molecular formula is C14H14N4O. The molecule has 1 aromatic heterocycles. The smallest absolute Gasteiger partial charge is 0.256 e. The van der Waals surface area contributed by atoms with Crippen molar-refractivity contribution < 1.29 is 4.79 Å². The monoisotopic (exact) mass is 254 g/mol. The molecule has 2 aromatic rings. The highest BCUT2D eigenvalue weighted by atomic mass is 16.1. The minimum absolute atomic E-state index is 0.163. The average molecular weight is 254 g/mol. The standard InChI is InChI=1S/C14H14N4O/c1-10(2)18-13(6-7-16-18)17-14(19)12-5-3-4-11(8-12)9-15/h3-8,10H,1-2H3,(H,17,19). The Morgan fingerprint density at radius 2 is 2.21 bits per heavy atom. The Morgan fingerprint density at radius 1 is 1.42 bits per heavy atom. The highest BCUT2D eigenvalue weighted by molar-refractivity contribution is 6.04. The molecular weight excluding hydrogens is 240 g/mol. The first-order valence-electron chi connectivity index (χ1n) is 5.97. The third-order valence-corrected chi connectivity index (χ3v) is 2.65. The lowest BCUT2D eigenvalue weighted by molar-refractivity contribution is 0.102.